The van der Waals surface area contributed by atoms with Crippen LogP contribution in [0.3, 0.4) is 0 Å². The van der Waals surface area contributed by atoms with Gasteiger partial charge < -0.3 is 4.74 Å². The first kappa shape index (κ1) is 19.5. The van der Waals surface area contributed by atoms with Gasteiger partial charge in [-0.25, -0.2) is 18.1 Å². The first-order valence-electron chi connectivity index (χ1n) is 8.68. The van der Waals surface area contributed by atoms with E-state index in [9.17, 15) is 8.42 Å². The largest absolute Gasteiger partial charge is 0.493 e. The van der Waals surface area contributed by atoms with Crippen LogP contribution >= 0.6 is 11.3 Å². The maximum Gasteiger partial charge on any atom is 0.208 e. The zero-order valence-corrected chi connectivity index (χ0v) is 16.9. The Balaban J connectivity index is 1.73. The molecule has 0 unspecified atom stereocenters. The lowest BCUT2D eigenvalue weighted by molar-refractivity contribution is 0.341. The number of benzene rings is 2. The fourth-order valence-electron chi connectivity index (χ4n) is 2.68. The molecule has 0 saturated carbocycles. The molecule has 0 radical (unpaired) electrons. The maximum absolute atomic E-state index is 11.1. The highest BCUT2D eigenvalue weighted by Gasteiger charge is 2.11. The number of rotatable bonds is 8. The molecule has 3 aromatic rings. The van der Waals surface area contributed by atoms with Crippen LogP contribution in [-0.2, 0) is 16.4 Å². The van der Waals surface area contributed by atoms with Crippen molar-refractivity contribution in [2.24, 2.45) is 0 Å². The highest BCUT2D eigenvalue weighted by molar-refractivity contribution is 7.88. The van der Waals surface area contributed by atoms with Crippen molar-refractivity contribution in [2.75, 3.05) is 19.4 Å². The smallest absolute Gasteiger partial charge is 0.208 e. The number of ether oxygens (including phenoxy) is 1. The molecule has 0 aliphatic heterocycles. The molecule has 0 aliphatic carbocycles. The summed E-state index contributed by atoms with van der Waals surface area (Å²) in [6.07, 6.45) is 1.82. The fourth-order valence-corrected chi connectivity index (χ4v) is 4.01. The third kappa shape index (κ3) is 5.38. The lowest BCUT2D eigenvalue weighted by atomic mass is 10.1. The number of aromatic nitrogens is 1. The molecule has 27 heavy (non-hydrogen) atoms. The van der Waals surface area contributed by atoms with Crippen LogP contribution in [0.2, 0.25) is 0 Å². The average Bonchev–Trinajstić information content (AvgIpc) is 3.12. The molecule has 0 aliphatic rings. The van der Waals surface area contributed by atoms with Gasteiger partial charge in [0.15, 0.2) is 0 Å². The Kier molecular flexibility index (Phi) is 6.26. The number of sulfonamides is 1. The van der Waals surface area contributed by atoms with Crippen LogP contribution in [0, 0.1) is 0 Å². The van der Waals surface area contributed by atoms with Crippen molar-refractivity contribution >= 4 is 21.4 Å². The van der Waals surface area contributed by atoms with Crippen LogP contribution < -0.4 is 9.46 Å². The van der Waals surface area contributed by atoms with Crippen LogP contribution in [0.5, 0.6) is 5.75 Å². The van der Waals surface area contributed by atoms with E-state index in [-0.39, 0.29) is 0 Å². The molecule has 0 fully saturated rings. The second-order valence-electron chi connectivity index (χ2n) is 6.08. The van der Waals surface area contributed by atoms with Crippen LogP contribution in [0.4, 0.5) is 0 Å². The molecule has 5 nitrogen and oxygen atoms in total. The van der Waals surface area contributed by atoms with E-state index in [1.165, 1.54) is 6.26 Å². The van der Waals surface area contributed by atoms with Crippen molar-refractivity contribution in [2.45, 2.75) is 13.3 Å². The van der Waals surface area contributed by atoms with Gasteiger partial charge in [-0.1, -0.05) is 36.4 Å². The van der Waals surface area contributed by atoms with Gasteiger partial charge in [-0.3, -0.25) is 0 Å². The second-order valence-corrected chi connectivity index (χ2v) is 8.77. The number of hydrogen-bond donors (Lipinski definition) is 1. The Labute approximate surface area is 164 Å². The third-order valence-electron chi connectivity index (χ3n) is 3.95. The second kappa shape index (κ2) is 8.65. The van der Waals surface area contributed by atoms with E-state index >= 15 is 0 Å². The molecule has 1 aromatic heterocycles. The summed E-state index contributed by atoms with van der Waals surface area (Å²) in [7, 11) is -3.15. The minimum absolute atomic E-state index is 0.396. The van der Waals surface area contributed by atoms with Crippen LogP contribution in [0.1, 0.15) is 12.5 Å². The van der Waals surface area contributed by atoms with Gasteiger partial charge in [-0.15, -0.1) is 11.3 Å². The molecule has 2 aromatic carbocycles. The van der Waals surface area contributed by atoms with Crippen molar-refractivity contribution in [3.05, 3.63) is 59.5 Å². The lowest BCUT2D eigenvalue weighted by Gasteiger charge is -2.07. The third-order valence-corrected chi connectivity index (χ3v) is 5.55. The predicted molar refractivity (Wildman–Crippen MR) is 111 cm³/mol. The quantitative estimate of drug-likeness (QED) is 0.619. The summed E-state index contributed by atoms with van der Waals surface area (Å²) in [4.78, 5) is 4.76. The zero-order chi connectivity index (χ0) is 19.3. The molecule has 7 heteroatoms. The van der Waals surface area contributed by atoms with E-state index in [1.807, 2.05) is 60.8 Å². The molecule has 0 spiro atoms. The van der Waals surface area contributed by atoms with Gasteiger partial charge in [0.1, 0.15) is 10.8 Å². The molecular formula is C20H22N2O3S2. The van der Waals surface area contributed by atoms with Gasteiger partial charge in [0.05, 0.1) is 24.1 Å². The molecule has 1 N–H and O–H groups in total. The van der Waals surface area contributed by atoms with Crippen LogP contribution in [-0.4, -0.2) is 32.8 Å². The first-order valence-corrected chi connectivity index (χ1v) is 11.4. The van der Waals surface area contributed by atoms with Crippen molar-refractivity contribution in [1.82, 2.24) is 9.71 Å². The molecule has 0 amide bonds. The summed E-state index contributed by atoms with van der Waals surface area (Å²) < 4.78 is 30.4. The van der Waals surface area contributed by atoms with E-state index in [1.54, 1.807) is 11.3 Å². The topological polar surface area (TPSA) is 68.3 Å². The SMILES string of the molecule is CCOc1ccccc1-c1nc(-c2ccc(CCNS(C)(=O)=O)cc2)cs1. The highest BCUT2D eigenvalue weighted by Crippen LogP contribution is 2.34. The van der Waals surface area contributed by atoms with E-state index in [0.717, 1.165) is 33.1 Å². The van der Waals surface area contributed by atoms with Gasteiger partial charge in [0.25, 0.3) is 0 Å². The van der Waals surface area contributed by atoms with Gasteiger partial charge in [0, 0.05) is 17.5 Å². The fraction of sp³-hybridized carbons (Fsp3) is 0.250. The molecule has 0 atom stereocenters. The summed E-state index contributed by atoms with van der Waals surface area (Å²) in [6.45, 7) is 2.98. The number of para-hydroxylation sites is 1. The first-order chi connectivity index (χ1) is 13.0. The monoisotopic (exact) mass is 402 g/mol. The van der Waals surface area contributed by atoms with Crippen LogP contribution in [0.15, 0.2) is 53.9 Å². The van der Waals surface area contributed by atoms with Crippen molar-refractivity contribution in [3.63, 3.8) is 0 Å². The van der Waals surface area contributed by atoms with E-state index in [4.69, 9.17) is 9.72 Å². The molecule has 142 valence electrons. The lowest BCUT2D eigenvalue weighted by Crippen LogP contribution is -2.24. The Hall–Kier alpha value is -2.22. The summed E-state index contributed by atoms with van der Waals surface area (Å²) in [6, 6.07) is 16.0. The summed E-state index contributed by atoms with van der Waals surface area (Å²) in [5, 5.41) is 2.97. The number of nitrogens with zero attached hydrogens (tertiary/aromatic N) is 1. The zero-order valence-electron chi connectivity index (χ0n) is 15.3. The van der Waals surface area contributed by atoms with E-state index in [0.29, 0.717) is 19.6 Å². The van der Waals surface area contributed by atoms with Gasteiger partial charge in [-0.2, -0.15) is 0 Å². The molecule has 1 heterocycles. The van der Waals surface area contributed by atoms with E-state index < -0.39 is 10.0 Å². The van der Waals surface area contributed by atoms with E-state index in [2.05, 4.69) is 4.72 Å². The minimum Gasteiger partial charge on any atom is -0.493 e. The molecule has 3 rings (SSSR count). The summed E-state index contributed by atoms with van der Waals surface area (Å²) >= 11 is 1.59. The Morgan fingerprint density at radius 1 is 1.11 bits per heavy atom. The molecular weight excluding hydrogens is 380 g/mol. The van der Waals surface area contributed by atoms with Crippen molar-refractivity contribution < 1.29 is 13.2 Å². The summed E-state index contributed by atoms with van der Waals surface area (Å²) in [5.41, 5.74) is 4.03. The molecule has 0 saturated heterocycles. The minimum atomic E-state index is -3.15. The van der Waals surface area contributed by atoms with Gasteiger partial charge >= 0.3 is 0 Å². The van der Waals surface area contributed by atoms with Crippen molar-refractivity contribution in [3.8, 4) is 27.6 Å². The number of thiazole rings is 1. The van der Waals surface area contributed by atoms with Gasteiger partial charge in [0.2, 0.25) is 10.0 Å². The van der Waals surface area contributed by atoms with Gasteiger partial charge in [-0.05, 0) is 31.0 Å². The van der Waals surface area contributed by atoms with Crippen molar-refractivity contribution in [1.29, 1.82) is 0 Å². The normalized spacial score (nSPS) is 11.5. The highest BCUT2D eigenvalue weighted by atomic mass is 32.2. The van der Waals surface area contributed by atoms with Crippen LogP contribution in [0.25, 0.3) is 21.8 Å². The summed E-state index contributed by atoms with van der Waals surface area (Å²) in [5.74, 6) is 0.842. The average molecular weight is 403 g/mol. The predicted octanol–water partition coefficient (Wildman–Crippen LogP) is 3.97. The Bertz CT molecular complexity index is 996. The maximum atomic E-state index is 11.1. The Morgan fingerprint density at radius 2 is 1.85 bits per heavy atom. The standard InChI is InChI=1S/C20H22N2O3S2/c1-3-25-19-7-5-4-6-17(19)20-22-18(14-26-20)16-10-8-15(9-11-16)12-13-21-27(2,23)24/h4-11,14,21H,3,12-13H2,1-2H3. The number of hydrogen-bond acceptors (Lipinski definition) is 5. The Morgan fingerprint density at radius 3 is 2.56 bits per heavy atom. The number of nitrogens with one attached hydrogen (secondary N) is 1. The molecule has 0 bridgehead atoms.